The molecule has 39 heavy (non-hydrogen) atoms. The van der Waals surface area contributed by atoms with Crippen LogP contribution in [0.15, 0.2) is 33.7 Å². The number of nitrogens with zero attached hydrogens (tertiary/aromatic N) is 1. The van der Waals surface area contributed by atoms with Crippen LogP contribution in [0.4, 0.5) is 13.2 Å². The van der Waals surface area contributed by atoms with E-state index in [1.54, 1.807) is 18.2 Å². The van der Waals surface area contributed by atoms with Gasteiger partial charge in [-0.3, -0.25) is 23.9 Å². The summed E-state index contributed by atoms with van der Waals surface area (Å²) in [5.41, 5.74) is 0.355. The predicted molar refractivity (Wildman–Crippen MR) is 133 cm³/mol. The third kappa shape index (κ3) is 8.37. The average Bonchev–Trinajstić information content (AvgIpc) is 3.49. The Morgan fingerprint density at radius 2 is 2.03 bits per heavy atom. The zero-order chi connectivity index (χ0) is 28.7. The molecule has 212 valence electrons. The average molecular weight is 554 g/mol. The van der Waals surface area contributed by atoms with Crippen molar-refractivity contribution >= 4 is 40.7 Å². The summed E-state index contributed by atoms with van der Waals surface area (Å²) in [6.07, 6.45) is -3.52. The van der Waals surface area contributed by atoms with Crippen LogP contribution in [0.3, 0.4) is 0 Å². The Bertz CT molecular complexity index is 1240. The standard InChI is InChI=1S/C26H30F3N3O7/c1-14(2)9-17(12-31-25(36)21-11-15-5-4-6-20(37-3)22(15)39-21)24(35)32-18(10-16-7-8-30-23(16)34)19(33)13-38-26(27,28)29/h4-6,11-12,14,16-18H,7-10,13H2,1-3H3,(H,30,34)(H,32,35)/b31-12+/t16-,17?,18-/m0/s1. The van der Waals surface area contributed by atoms with E-state index in [0.29, 0.717) is 29.7 Å². The number of halogens is 3. The van der Waals surface area contributed by atoms with E-state index in [2.05, 4.69) is 20.4 Å². The second-order valence-electron chi connectivity index (χ2n) is 9.58. The molecule has 0 spiro atoms. The van der Waals surface area contributed by atoms with Crippen molar-refractivity contribution in [1.82, 2.24) is 10.6 Å². The van der Waals surface area contributed by atoms with Crippen LogP contribution in [-0.4, -0.2) is 62.4 Å². The van der Waals surface area contributed by atoms with E-state index in [4.69, 9.17) is 9.15 Å². The van der Waals surface area contributed by atoms with Gasteiger partial charge in [0.1, 0.15) is 6.61 Å². The lowest BCUT2D eigenvalue weighted by atomic mass is 9.93. The van der Waals surface area contributed by atoms with E-state index in [9.17, 15) is 32.3 Å². The molecule has 1 fully saturated rings. The fourth-order valence-corrected chi connectivity index (χ4v) is 4.22. The van der Waals surface area contributed by atoms with Gasteiger partial charge < -0.3 is 19.8 Å². The summed E-state index contributed by atoms with van der Waals surface area (Å²) in [6.45, 7) is 2.68. The molecule has 1 aromatic carbocycles. The van der Waals surface area contributed by atoms with Gasteiger partial charge in [-0.25, -0.2) is 4.99 Å². The molecule has 0 saturated carbocycles. The number of hydrogen-bond donors (Lipinski definition) is 2. The highest BCUT2D eigenvalue weighted by molar-refractivity contribution is 6.04. The van der Waals surface area contributed by atoms with Crippen molar-refractivity contribution in [2.45, 2.75) is 45.5 Å². The quantitative estimate of drug-likeness (QED) is 0.384. The second-order valence-corrected chi connectivity index (χ2v) is 9.58. The van der Waals surface area contributed by atoms with Gasteiger partial charge in [-0.15, -0.1) is 13.2 Å². The van der Waals surface area contributed by atoms with Gasteiger partial charge in [-0.1, -0.05) is 26.0 Å². The third-order valence-corrected chi connectivity index (χ3v) is 6.14. The summed E-state index contributed by atoms with van der Waals surface area (Å²) in [7, 11) is 1.46. The van der Waals surface area contributed by atoms with Gasteiger partial charge in [-0.05, 0) is 37.3 Å². The van der Waals surface area contributed by atoms with Crippen LogP contribution in [0.1, 0.15) is 43.7 Å². The number of fused-ring (bicyclic) bond motifs is 1. The van der Waals surface area contributed by atoms with E-state index in [1.807, 2.05) is 13.8 Å². The minimum atomic E-state index is -5.04. The highest BCUT2D eigenvalue weighted by Gasteiger charge is 2.36. The smallest absolute Gasteiger partial charge is 0.493 e. The maximum absolute atomic E-state index is 13.2. The fourth-order valence-electron chi connectivity index (χ4n) is 4.22. The first-order valence-corrected chi connectivity index (χ1v) is 12.3. The van der Waals surface area contributed by atoms with Gasteiger partial charge in [0.05, 0.1) is 19.1 Å². The van der Waals surface area contributed by atoms with Crippen LogP contribution in [-0.2, 0) is 19.1 Å². The van der Waals surface area contributed by atoms with E-state index in [1.165, 1.54) is 13.2 Å². The Balaban J connectivity index is 1.77. The van der Waals surface area contributed by atoms with Crippen molar-refractivity contribution in [3.63, 3.8) is 0 Å². The maximum Gasteiger partial charge on any atom is 0.522 e. The monoisotopic (exact) mass is 553 g/mol. The number of amides is 3. The van der Waals surface area contributed by atoms with Crippen LogP contribution in [0.25, 0.3) is 11.0 Å². The SMILES string of the molecule is COc1cccc2cc(C(=O)/N=C/C(CC(C)C)C(=O)N[C@@H](C[C@@H]3CCNC3=O)C(=O)COC(F)(F)F)oc12. The topological polar surface area (TPSA) is 136 Å². The minimum absolute atomic E-state index is 0.0407. The van der Waals surface area contributed by atoms with Crippen molar-refractivity contribution in [2.75, 3.05) is 20.3 Å². The van der Waals surface area contributed by atoms with Crippen molar-refractivity contribution < 1.29 is 46.2 Å². The van der Waals surface area contributed by atoms with Crippen molar-refractivity contribution in [3.05, 3.63) is 30.0 Å². The molecule has 0 bridgehead atoms. The normalized spacial score (nSPS) is 17.4. The molecule has 10 nitrogen and oxygen atoms in total. The number of benzene rings is 1. The number of furan rings is 1. The summed E-state index contributed by atoms with van der Waals surface area (Å²) in [6, 6.07) is 5.19. The first kappa shape index (κ1) is 29.8. The molecule has 0 radical (unpaired) electrons. The molecule has 1 aromatic heterocycles. The molecule has 2 heterocycles. The number of para-hydroxylation sites is 1. The van der Waals surface area contributed by atoms with E-state index in [-0.39, 0.29) is 30.4 Å². The number of ketones is 1. The third-order valence-electron chi connectivity index (χ3n) is 6.14. The molecule has 1 aliphatic heterocycles. The van der Waals surface area contributed by atoms with Gasteiger partial charge in [0.2, 0.25) is 11.8 Å². The van der Waals surface area contributed by atoms with Crippen LogP contribution in [0, 0.1) is 17.8 Å². The van der Waals surface area contributed by atoms with Crippen LogP contribution >= 0.6 is 0 Å². The Morgan fingerprint density at radius 3 is 2.64 bits per heavy atom. The molecule has 2 aromatic rings. The molecule has 1 saturated heterocycles. The predicted octanol–water partition coefficient (Wildman–Crippen LogP) is 3.43. The lowest BCUT2D eigenvalue weighted by Crippen LogP contribution is -2.47. The number of carbonyl (C=O) groups excluding carboxylic acids is 4. The summed E-state index contributed by atoms with van der Waals surface area (Å²) in [5.74, 6) is -4.23. The zero-order valence-electron chi connectivity index (χ0n) is 21.7. The molecule has 1 unspecified atom stereocenters. The summed E-state index contributed by atoms with van der Waals surface area (Å²) < 4.78 is 52.0. The number of alkyl halides is 3. The zero-order valence-corrected chi connectivity index (χ0v) is 21.7. The van der Waals surface area contributed by atoms with Gasteiger partial charge in [0.25, 0.3) is 0 Å². The van der Waals surface area contributed by atoms with Gasteiger partial charge >= 0.3 is 12.3 Å². The van der Waals surface area contributed by atoms with Gasteiger partial charge in [0.15, 0.2) is 22.9 Å². The molecule has 3 rings (SSSR count). The number of aliphatic imine (C=N–C) groups is 1. The molecule has 3 atom stereocenters. The Kier molecular flexibility index (Phi) is 9.84. The number of Topliss-reactive ketones (excluding diaryl/α,β-unsaturated/α-hetero) is 1. The summed E-state index contributed by atoms with van der Waals surface area (Å²) in [4.78, 5) is 54.3. The number of ether oxygens (including phenoxy) is 2. The summed E-state index contributed by atoms with van der Waals surface area (Å²) in [5, 5.41) is 5.65. The van der Waals surface area contributed by atoms with Crippen LogP contribution in [0.2, 0.25) is 0 Å². The molecule has 2 N–H and O–H groups in total. The largest absolute Gasteiger partial charge is 0.522 e. The first-order chi connectivity index (χ1) is 18.4. The molecular formula is C26H30F3N3O7. The first-order valence-electron chi connectivity index (χ1n) is 12.3. The number of carbonyl (C=O) groups is 4. The molecule has 13 heteroatoms. The van der Waals surface area contributed by atoms with Gasteiger partial charge in [0, 0.05) is 24.1 Å². The Labute approximate surface area is 222 Å². The Morgan fingerprint density at radius 1 is 1.28 bits per heavy atom. The maximum atomic E-state index is 13.2. The van der Waals surface area contributed by atoms with Crippen LogP contribution < -0.4 is 15.4 Å². The molecular weight excluding hydrogens is 523 g/mol. The molecule has 0 aliphatic carbocycles. The van der Waals surface area contributed by atoms with Crippen LogP contribution in [0.5, 0.6) is 5.75 Å². The highest BCUT2D eigenvalue weighted by Crippen LogP contribution is 2.29. The highest BCUT2D eigenvalue weighted by atomic mass is 19.4. The van der Waals surface area contributed by atoms with Crippen molar-refractivity contribution in [3.8, 4) is 5.75 Å². The summed E-state index contributed by atoms with van der Waals surface area (Å²) >= 11 is 0. The van der Waals surface area contributed by atoms with Crippen molar-refractivity contribution in [1.29, 1.82) is 0 Å². The van der Waals surface area contributed by atoms with Crippen molar-refractivity contribution in [2.24, 2.45) is 22.7 Å². The molecule has 1 aliphatic rings. The second kappa shape index (κ2) is 12.9. The number of rotatable bonds is 12. The van der Waals surface area contributed by atoms with E-state index < -0.39 is 48.4 Å². The number of methoxy groups -OCH3 is 1. The fraction of sp³-hybridized carbons (Fsp3) is 0.500. The number of hydrogen-bond acceptors (Lipinski definition) is 7. The lowest BCUT2D eigenvalue weighted by Gasteiger charge is -2.23. The van der Waals surface area contributed by atoms with E-state index in [0.717, 1.165) is 6.21 Å². The molecule has 3 amide bonds. The minimum Gasteiger partial charge on any atom is -0.493 e. The van der Waals surface area contributed by atoms with Gasteiger partial charge in [-0.2, -0.15) is 0 Å². The van der Waals surface area contributed by atoms with E-state index >= 15 is 0 Å². The Hall–Kier alpha value is -3.74. The lowest BCUT2D eigenvalue weighted by molar-refractivity contribution is -0.321. The number of nitrogens with one attached hydrogen (secondary N) is 2.